The number of nitrogens with one attached hydrogen (secondary N) is 1. The fraction of sp³-hybridized carbons (Fsp3) is 0.0769. The van der Waals surface area contributed by atoms with E-state index in [-0.39, 0.29) is 0 Å². The average Bonchev–Trinajstić information content (AvgIpc) is 2.42. The van der Waals surface area contributed by atoms with Crippen LogP contribution in [-0.2, 0) is 11.3 Å². The molecule has 1 N–H and O–H groups in total. The molecule has 2 aromatic rings. The lowest BCUT2D eigenvalue weighted by molar-refractivity contribution is -0.108. The van der Waals surface area contributed by atoms with Gasteiger partial charge in [-0.15, -0.1) is 0 Å². The molecule has 0 saturated carbocycles. The fourth-order valence-electron chi connectivity index (χ4n) is 1.45. The molecule has 1 heterocycles. The maximum absolute atomic E-state index is 11.0. The quantitative estimate of drug-likeness (QED) is 0.625. The Bertz CT molecular complexity index is 459. The van der Waals surface area contributed by atoms with E-state index in [4.69, 9.17) is 0 Å². The van der Waals surface area contributed by atoms with Crippen LogP contribution in [0.5, 0.6) is 0 Å². The Hall–Kier alpha value is -2.20. The number of nitrogens with zero attached hydrogens (tertiary/aromatic N) is 2. The molecule has 4 nitrogen and oxygen atoms in total. The van der Waals surface area contributed by atoms with Crippen molar-refractivity contribution in [3.63, 3.8) is 0 Å². The molecule has 1 amide bonds. The summed E-state index contributed by atoms with van der Waals surface area (Å²) in [5.74, 6) is 0. The first-order valence-electron chi connectivity index (χ1n) is 5.33. The van der Waals surface area contributed by atoms with Crippen molar-refractivity contribution in [1.29, 1.82) is 0 Å². The Kier molecular flexibility index (Phi) is 3.83. The van der Waals surface area contributed by atoms with Gasteiger partial charge in [0.2, 0.25) is 6.41 Å². The van der Waals surface area contributed by atoms with E-state index < -0.39 is 0 Å². The van der Waals surface area contributed by atoms with Gasteiger partial charge in [0.1, 0.15) is 0 Å². The molecular formula is C13H13N3O. The lowest BCUT2D eigenvalue weighted by Crippen LogP contribution is -2.36. The normalized spacial score (nSPS) is 9.88. The Morgan fingerprint density at radius 1 is 1.12 bits per heavy atom. The smallest absolute Gasteiger partial charge is 0.228 e. The van der Waals surface area contributed by atoms with Crippen LogP contribution in [-0.4, -0.2) is 11.4 Å². The predicted molar refractivity (Wildman–Crippen MR) is 66.1 cm³/mol. The highest BCUT2D eigenvalue weighted by molar-refractivity contribution is 5.73. The zero-order valence-corrected chi connectivity index (χ0v) is 9.28. The van der Waals surface area contributed by atoms with Crippen LogP contribution in [0, 0.1) is 0 Å². The fourth-order valence-corrected chi connectivity index (χ4v) is 1.45. The van der Waals surface area contributed by atoms with Gasteiger partial charge >= 0.3 is 0 Å². The minimum absolute atomic E-state index is 0.508. The highest BCUT2D eigenvalue weighted by Crippen LogP contribution is 2.09. The molecule has 0 atom stereocenters. The Labute approximate surface area is 99.9 Å². The summed E-state index contributed by atoms with van der Waals surface area (Å²) in [5.41, 5.74) is 4.69. The predicted octanol–water partition coefficient (Wildman–Crippen LogP) is 1.75. The number of rotatable bonds is 5. The summed E-state index contributed by atoms with van der Waals surface area (Å²) in [6, 6.07) is 15.1. The average molecular weight is 227 g/mol. The van der Waals surface area contributed by atoms with Crippen LogP contribution in [0.4, 0.5) is 5.69 Å². The molecule has 0 bridgehead atoms. The first-order chi connectivity index (χ1) is 8.40. The second-order valence-corrected chi connectivity index (χ2v) is 3.47. The molecule has 86 valence electrons. The molecule has 17 heavy (non-hydrogen) atoms. The molecule has 4 heteroatoms. The minimum atomic E-state index is 0.508. The SMILES string of the molecule is O=CN(NCc1ccccn1)c1ccccc1. The molecule has 2 rings (SSSR count). The van der Waals surface area contributed by atoms with Crippen LogP contribution in [0.25, 0.3) is 0 Å². The molecule has 1 aromatic carbocycles. The molecule has 0 saturated heterocycles. The number of hydrogen-bond donors (Lipinski definition) is 1. The Morgan fingerprint density at radius 2 is 1.88 bits per heavy atom. The van der Waals surface area contributed by atoms with Gasteiger partial charge in [-0.3, -0.25) is 9.78 Å². The number of anilines is 1. The van der Waals surface area contributed by atoms with Gasteiger partial charge in [-0.25, -0.2) is 10.4 Å². The highest BCUT2D eigenvalue weighted by atomic mass is 16.1. The van der Waals surface area contributed by atoms with E-state index >= 15 is 0 Å². The lowest BCUT2D eigenvalue weighted by atomic mass is 10.3. The topological polar surface area (TPSA) is 45.2 Å². The van der Waals surface area contributed by atoms with Gasteiger partial charge in [0.15, 0.2) is 0 Å². The zero-order chi connectivity index (χ0) is 11.9. The van der Waals surface area contributed by atoms with E-state index in [1.54, 1.807) is 6.20 Å². The number of aromatic nitrogens is 1. The minimum Gasteiger partial charge on any atom is -0.277 e. The monoisotopic (exact) mass is 227 g/mol. The zero-order valence-electron chi connectivity index (χ0n) is 9.28. The number of benzene rings is 1. The maximum Gasteiger partial charge on any atom is 0.228 e. The van der Waals surface area contributed by atoms with E-state index in [2.05, 4.69) is 10.4 Å². The maximum atomic E-state index is 11.0. The second-order valence-electron chi connectivity index (χ2n) is 3.47. The second kappa shape index (κ2) is 5.77. The van der Waals surface area contributed by atoms with E-state index in [0.717, 1.165) is 17.8 Å². The summed E-state index contributed by atoms with van der Waals surface area (Å²) in [5, 5.41) is 1.44. The van der Waals surface area contributed by atoms with Crippen molar-refractivity contribution in [3.8, 4) is 0 Å². The third-order valence-electron chi connectivity index (χ3n) is 2.30. The van der Waals surface area contributed by atoms with Crippen molar-refractivity contribution in [3.05, 3.63) is 60.4 Å². The molecule has 0 aliphatic rings. The van der Waals surface area contributed by atoms with Crippen molar-refractivity contribution in [2.24, 2.45) is 0 Å². The van der Waals surface area contributed by atoms with Gasteiger partial charge in [-0.1, -0.05) is 24.3 Å². The molecule has 0 unspecified atom stereocenters. The van der Waals surface area contributed by atoms with Crippen LogP contribution in [0.1, 0.15) is 5.69 Å². The van der Waals surface area contributed by atoms with E-state index in [0.29, 0.717) is 6.54 Å². The number of pyridine rings is 1. The molecule has 1 aromatic heterocycles. The molecule has 0 radical (unpaired) electrons. The van der Waals surface area contributed by atoms with E-state index in [9.17, 15) is 4.79 Å². The van der Waals surface area contributed by atoms with Gasteiger partial charge in [-0.2, -0.15) is 0 Å². The van der Waals surface area contributed by atoms with E-state index in [1.807, 2.05) is 48.5 Å². The summed E-state index contributed by atoms with van der Waals surface area (Å²) < 4.78 is 0. The summed E-state index contributed by atoms with van der Waals surface area (Å²) in [7, 11) is 0. The standard InChI is InChI=1S/C13H13N3O/c17-11-16(13-7-2-1-3-8-13)15-10-12-6-4-5-9-14-12/h1-9,11,15H,10H2. The lowest BCUT2D eigenvalue weighted by Gasteiger charge is -2.18. The van der Waals surface area contributed by atoms with Crippen LogP contribution in [0.2, 0.25) is 0 Å². The number of hydrogen-bond acceptors (Lipinski definition) is 3. The molecular weight excluding hydrogens is 214 g/mol. The molecule has 0 aliphatic carbocycles. The summed E-state index contributed by atoms with van der Waals surface area (Å²) in [6.45, 7) is 0.508. The van der Waals surface area contributed by atoms with Gasteiger partial charge < -0.3 is 0 Å². The third kappa shape index (κ3) is 3.12. The first-order valence-corrected chi connectivity index (χ1v) is 5.33. The van der Waals surface area contributed by atoms with Crippen molar-refractivity contribution < 1.29 is 4.79 Å². The Morgan fingerprint density at radius 3 is 2.53 bits per heavy atom. The summed E-state index contributed by atoms with van der Waals surface area (Å²) in [4.78, 5) is 15.1. The molecule has 0 aliphatic heterocycles. The molecule has 0 spiro atoms. The van der Waals surface area contributed by atoms with Crippen molar-refractivity contribution in [2.45, 2.75) is 6.54 Å². The van der Waals surface area contributed by atoms with Gasteiger partial charge in [0.25, 0.3) is 0 Å². The van der Waals surface area contributed by atoms with Crippen molar-refractivity contribution in [2.75, 3.05) is 5.01 Å². The van der Waals surface area contributed by atoms with E-state index in [1.165, 1.54) is 5.01 Å². The van der Waals surface area contributed by atoms with Gasteiger partial charge in [-0.05, 0) is 24.3 Å². The van der Waals surface area contributed by atoms with Gasteiger partial charge in [0.05, 0.1) is 17.9 Å². The number of para-hydroxylation sites is 1. The van der Waals surface area contributed by atoms with Crippen molar-refractivity contribution in [1.82, 2.24) is 10.4 Å². The number of amides is 1. The highest BCUT2D eigenvalue weighted by Gasteiger charge is 2.03. The van der Waals surface area contributed by atoms with Gasteiger partial charge in [0, 0.05) is 6.20 Å². The molecule has 0 fully saturated rings. The summed E-state index contributed by atoms with van der Waals surface area (Å²) >= 11 is 0. The summed E-state index contributed by atoms with van der Waals surface area (Å²) in [6.07, 6.45) is 2.48. The van der Waals surface area contributed by atoms with Crippen LogP contribution in [0.3, 0.4) is 0 Å². The first kappa shape index (κ1) is 11.3. The Balaban J connectivity index is 2.00. The number of carbonyl (C=O) groups is 1. The largest absolute Gasteiger partial charge is 0.277 e. The number of hydrazine groups is 1. The van der Waals surface area contributed by atoms with Crippen LogP contribution >= 0.6 is 0 Å². The number of carbonyl (C=O) groups excluding carboxylic acids is 1. The third-order valence-corrected chi connectivity index (χ3v) is 2.30. The van der Waals surface area contributed by atoms with Crippen LogP contribution in [0.15, 0.2) is 54.7 Å². The van der Waals surface area contributed by atoms with Crippen LogP contribution < -0.4 is 10.4 Å². The van der Waals surface area contributed by atoms with Crippen molar-refractivity contribution >= 4 is 12.1 Å².